The van der Waals surface area contributed by atoms with Gasteiger partial charge in [-0.3, -0.25) is 18.4 Å². The van der Waals surface area contributed by atoms with E-state index in [-0.39, 0.29) is 55.0 Å². The van der Waals surface area contributed by atoms with Crippen molar-refractivity contribution in [3.8, 4) is 0 Å². The van der Waals surface area contributed by atoms with Crippen molar-refractivity contribution < 1.29 is 32.7 Å². The van der Waals surface area contributed by atoms with Crippen molar-refractivity contribution >= 4 is 47.7 Å². The SMILES string of the molecule is CC(C)OC(=O)NCCC(C)(C)C(=O)SCCOP(=O)(NCc1ccccc1)OCC1CC(C)C(n2cnc3c(N)ncnc32)O1. The van der Waals surface area contributed by atoms with Crippen LogP contribution < -0.4 is 16.1 Å². The molecule has 0 radical (unpaired) electrons. The lowest BCUT2D eigenvalue weighted by Crippen LogP contribution is -2.32. The number of nitrogens with two attached hydrogens (primary N) is 1. The molecule has 3 aromatic rings. The predicted molar refractivity (Wildman–Crippen MR) is 176 cm³/mol. The van der Waals surface area contributed by atoms with Crippen LogP contribution in [-0.2, 0) is 34.4 Å². The Kier molecular flexibility index (Phi) is 12.6. The Morgan fingerprint density at radius 2 is 1.96 bits per heavy atom. The zero-order chi connectivity index (χ0) is 33.3. The summed E-state index contributed by atoms with van der Waals surface area (Å²) < 4.78 is 38.8. The minimum atomic E-state index is -3.80. The van der Waals surface area contributed by atoms with Crippen LogP contribution in [0.5, 0.6) is 0 Å². The van der Waals surface area contributed by atoms with Gasteiger partial charge in [-0.05, 0) is 32.3 Å². The molecule has 252 valence electrons. The van der Waals surface area contributed by atoms with E-state index in [1.807, 2.05) is 55.7 Å². The molecule has 1 aliphatic rings. The molecule has 0 bridgehead atoms. The highest BCUT2D eigenvalue weighted by molar-refractivity contribution is 8.13. The Labute approximate surface area is 273 Å². The third-order valence-electron chi connectivity index (χ3n) is 7.36. The van der Waals surface area contributed by atoms with Gasteiger partial charge in [-0.25, -0.2) is 29.4 Å². The van der Waals surface area contributed by atoms with E-state index < -0.39 is 19.3 Å². The molecule has 14 nitrogen and oxygen atoms in total. The molecular weight excluding hydrogens is 633 g/mol. The van der Waals surface area contributed by atoms with Crippen LogP contribution in [0.25, 0.3) is 11.2 Å². The highest BCUT2D eigenvalue weighted by Gasteiger charge is 2.37. The van der Waals surface area contributed by atoms with Crippen LogP contribution in [-0.4, -0.2) is 68.4 Å². The lowest BCUT2D eigenvalue weighted by atomic mass is 9.91. The van der Waals surface area contributed by atoms with Crippen molar-refractivity contribution in [1.82, 2.24) is 29.9 Å². The maximum absolute atomic E-state index is 13.9. The number of carbonyl (C=O) groups is 2. The van der Waals surface area contributed by atoms with E-state index in [1.54, 1.807) is 20.2 Å². The van der Waals surface area contributed by atoms with Gasteiger partial charge in [-0.1, -0.05) is 62.9 Å². The number of nitrogens with zero attached hydrogens (tertiary/aromatic N) is 4. The molecule has 4 unspecified atom stereocenters. The molecule has 0 spiro atoms. The number of rotatable bonds is 16. The van der Waals surface area contributed by atoms with Crippen molar-refractivity contribution in [2.45, 2.75) is 72.4 Å². The van der Waals surface area contributed by atoms with Gasteiger partial charge in [0.05, 0.1) is 31.7 Å². The van der Waals surface area contributed by atoms with Crippen LogP contribution in [0, 0.1) is 11.3 Å². The topological polar surface area (TPSA) is 182 Å². The minimum Gasteiger partial charge on any atom is -0.447 e. The summed E-state index contributed by atoms with van der Waals surface area (Å²) in [6.45, 7) is 9.81. The summed E-state index contributed by atoms with van der Waals surface area (Å²) >= 11 is 1.09. The third kappa shape index (κ3) is 9.96. The Bertz CT molecular complexity index is 1510. The van der Waals surface area contributed by atoms with Crippen LogP contribution in [0.3, 0.4) is 0 Å². The molecular formula is C30H44N7O7PS. The van der Waals surface area contributed by atoms with Gasteiger partial charge in [-0.2, -0.15) is 0 Å². The first-order chi connectivity index (χ1) is 21.9. The molecule has 1 aromatic carbocycles. The molecule has 0 aliphatic carbocycles. The zero-order valence-electron chi connectivity index (χ0n) is 26.9. The number of imidazole rings is 1. The lowest BCUT2D eigenvalue weighted by molar-refractivity contribution is -0.118. The van der Waals surface area contributed by atoms with Gasteiger partial charge in [-0.15, -0.1) is 0 Å². The van der Waals surface area contributed by atoms with E-state index in [2.05, 4.69) is 25.4 Å². The van der Waals surface area contributed by atoms with Gasteiger partial charge < -0.3 is 20.5 Å². The summed E-state index contributed by atoms with van der Waals surface area (Å²) in [6, 6.07) is 9.50. The fourth-order valence-corrected chi connectivity index (χ4v) is 7.13. The minimum absolute atomic E-state index is 0.0111. The normalized spacial score (nSPS) is 19.7. The van der Waals surface area contributed by atoms with Gasteiger partial charge in [0, 0.05) is 30.2 Å². The lowest BCUT2D eigenvalue weighted by Gasteiger charge is -2.23. The summed E-state index contributed by atoms with van der Waals surface area (Å²) in [6.07, 6.45) is 2.63. The number of hydrogen-bond donors (Lipinski definition) is 3. The number of carbonyl (C=O) groups excluding carboxylic acids is 2. The molecule has 0 saturated carbocycles. The highest BCUT2D eigenvalue weighted by Crippen LogP contribution is 2.46. The first-order valence-corrected chi connectivity index (χ1v) is 17.8. The van der Waals surface area contributed by atoms with Gasteiger partial charge in [0.1, 0.15) is 18.1 Å². The number of ether oxygens (including phenoxy) is 2. The highest BCUT2D eigenvalue weighted by atomic mass is 32.2. The van der Waals surface area contributed by atoms with Crippen LogP contribution >= 0.6 is 19.5 Å². The Hall–Kier alpha value is -3.07. The van der Waals surface area contributed by atoms with Crippen molar-refractivity contribution in [3.63, 3.8) is 0 Å². The molecule has 4 rings (SSSR count). The largest absolute Gasteiger partial charge is 0.447 e. The van der Waals surface area contributed by atoms with E-state index in [1.165, 1.54) is 6.33 Å². The number of anilines is 1. The molecule has 1 saturated heterocycles. The molecule has 16 heteroatoms. The average Bonchev–Trinajstić information content (AvgIpc) is 3.61. The number of thioether (sulfide) groups is 1. The fourth-order valence-electron chi connectivity index (χ4n) is 4.84. The molecule has 4 N–H and O–H groups in total. The van der Waals surface area contributed by atoms with Crippen LogP contribution in [0.2, 0.25) is 0 Å². The van der Waals surface area contributed by atoms with Gasteiger partial charge >= 0.3 is 13.8 Å². The standard InChI is InChI=1S/C30H44N7O7PS/c1-20(2)43-29(39)32-12-11-30(4,5)28(38)46-14-13-41-45(40,36-16-22-9-7-6-8-10-22)42-17-23-15-21(3)27(44-23)37-19-35-24-25(31)33-18-34-26(24)37/h6-10,18-21,23,27H,11-17H2,1-5H3,(H,32,39)(H,36,40)(H2,31,33,34). The summed E-state index contributed by atoms with van der Waals surface area (Å²) in [5.74, 6) is 0.644. The first kappa shape index (κ1) is 35.8. The van der Waals surface area contributed by atoms with Crippen LogP contribution in [0.4, 0.5) is 10.6 Å². The van der Waals surface area contributed by atoms with Gasteiger partial charge in [0.2, 0.25) is 0 Å². The number of aromatic nitrogens is 4. The number of nitrogens with one attached hydrogen (secondary N) is 2. The van der Waals surface area contributed by atoms with Crippen molar-refractivity contribution in [2.75, 3.05) is 31.2 Å². The number of benzene rings is 1. The molecule has 1 amide bonds. The van der Waals surface area contributed by atoms with E-state index in [4.69, 9.17) is 24.3 Å². The third-order valence-corrected chi connectivity index (χ3v) is 10.1. The predicted octanol–water partition coefficient (Wildman–Crippen LogP) is 5.07. The average molecular weight is 678 g/mol. The van der Waals surface area contributed by atoms with Gasteiger partial charge in [0.25, 0.3) is 0 Å². The first-order valence-electron chi connectivity index (χ1n) is 15.3. The fraction of sp³-hybridized carbons (Fsp3) is 0.567. The van der Waals surface area contributed by atoms with E-state index in [0.717, 1.165) is 17.3 Å². The molecule has 4 atom stereocenters. The summed E-state index contributed by atoms with van der Waals surface area (Å²) in [4.78, 5) is 37.3. The second kappa shape index (κ2) is 16.2. The molecule has 1 aliphatic heterocycles. The van der Waals surface area contributed by atoms with Crippen molar-refractivity contribution in [3.05, 3.63) is 48.5 Å². The van der Waals surface area contributed by atoms with Gasteiger partial charge in [0.15, 0.2) is 16.6 Å². The van der Waals surface area contributed by atoms with Crippen molar-refractivity contribution in [1.29, 1.82) is 0 Å². The Morgan fingerprint density at radius 3 is 2.70 bits per heavy atom. The monoisotopic (exact) mass is 677 g/mol. The molecule has 1 fully saturated rings. The Morgan fingerprint density at radius 1 is 1.20 bits per heavy atom. The number of hydrogen-bond acceptors (Lipinski definition) is 12. The Balaban J connectivity index is 1.30. The smallest absolute Gasteiger partial charge is 0.407 e. The molecule has 2 aromatic heterocycles. The second-order valence-corrected chi connectivity index (χ2v) is 14.9. The van der Waals surface area contributed by atoms with E-state index in [9.17, 15) is 14.2 Å². The maximum Gasteiger partial charge on any atom is 0.407 e. The number of amides is 1. The van der Waals surface area contributed by atoms with E-state index >= 15 is 0 Å². The number of alkyl carbamates (subject to hydrolysis) is 1. The van der Waals surface area contributed by atoms with Crippen LogP contribution in [0.15, 0.2) is 43.0 Å². The second-order valence-electron chi connectivity index (χ2n) is 12.0. The zero-order valence-corrected chi connectivity index (χ0v) is 28.6. The number of fused-ring (bicyclic) bond motifs is 1. The molecule has 3 heterocycles. The van der Waals surface area contributed by atoms with Crippen LogP contribution in [0.1, 0.15) is 59.3 Å². The summed E-state index contributed by atoms with van der Waals surface area (Å²) in [7, 11) is -3.80. The summed E-state index contributed by atoms with van der Waals surface area (Å²) in [5.41, 5.74) is 7.23. The quantitative estimate of drug-likeness (QED) is 0.135. The molecule has 46 heavy (non-hydrogen) atoms. The van der Waals surface area contributed by atoms with E-state index in [0.29, 0.717) is 36.4 Å². The summed E-state index contributed by atoms with van der Waals surface area (Å²) in [5, 5.41) is 5.55. The number of nitrogen functional groups attached to an aromatic ring is 1. The van der Waals surface area contributed by atoms with Crippen molar-refractivity contribution in [2.24, 2.45) is 11.3 Å². The maximum atomic E-state index is 13.9.